The van der Waals surface area contributed by atoms with Gasteiger partial charge in [0.25, 0.3) is 0 Å². The van der Waals surface area contributed by atoms with Gasteiger partial charge in [0.1, 0.15) is 0 Å². The van der Waals surface area contributed by atoms with Crippen LogP contribution in [0.3, 0.4) is 0 Å². The molecule has 0 aliphatic heterocycles. The Morgan fingerprint density at radius 2 is 2.00 bits per heavy atom. The van der Waals surface area contributed by atoms with E-state index < -0.39 is 0 Å². The van der Waals surface area contributed by atoms with Gasteiger partial charge in [-0.15, -0.1) is 0 Å². The van der Waals surface area contributed by atoms with Crippen molar-refractivity contribution >= 4 is 11.8 Å². The molecular formula is C11H25NOS. The van der Waals surface area contributed by atoms with Crippen molar-refractivity contribution in [2.75, 3.05) is 38.3 Å². The number of hydrogen-bond acceptors (Lipinski definition) is 3. The molecule has 0 saturated heterocycles. The van der Waals surface area contributed by atoms with E-state index in [2.05, 4.69) is 19.2 Å². The maximum Gasteiger partial charge on any atom is 0.0470 e. The van der Waals surface area contributed by atoms with E-state index in [4.69, 9.17) is 4.74 Å². The van der Waals surface area contributed by atoms with Gasteiger partial charge in [0, 0.05) is 26.0 Å². The standard InChI is InChI=1S/C11H25NOS/c1-11(2)5-6-12-7-10-14-9-4-8-13-3/h11-12H,4-10H2,1-3H3. The molecule has 0 heterocycles. The number of nitrogens with one attached hydrogen (secondary N) is 1. The van der Waals surface area contributed by atoms with Gasteiger partial charge in [0.15, 0.2) is 0 Å². The Hall–Kier alpha value is 0.270. The molecule has 0 aromatic rings. The molecule has 0 bridgehead atoms. The highest BCUT2D eigenvalue weighted by Crippen LogP contribution is 2.01. The second-order valence-corrected chi connectivity index (χ2v) is 5.12. The summed E-state index contributed by atoms with van der Waals surface area (Å²) in [4.78, 5) is 0. The molecule has 0 unspecified atom stereocenters. The zero-order valence-electron chi connectivity index (χ0n) is 9.84. The summed E-state index contributed by atoms with van der Waals surface area (Å²) in [6.07, 6.45) is 2.46. The van der Waals surface area contributed by atoms with Crippen LogP contribution in [-0.4, -0.2) is 38.3 Å². The van der Waals surface area contributed by atoms with Crippen molar-refractivity contribution in [1.82, 2.24) is 5.32 Å². The van der Waals surface area contributed by atoms with Gasteiger partial charge in [-0.1, -0.05) is 13.8 Å². The van der Waals surface area contributed by atoms with Gasteiger partial charge in [-0.25, -0.2) is 0 Å². The minimum atomic E-state index is 0.817. The van der Waals surface area contributed by atoms with Crippen molar-refractivity contribution in [1.29, 1.82) is 0 Å². The molecule has 0 fully saturated rings. The first kappa shape index (κ1) is 14.3. The fourth-order valence-corrected chi connectivity index (χ4v) is 1.88. The summed E-state index contributed by atoms with van der Waals surface area (Å²) >= 11 is 2.01. The normalized spacial score (nSPS) is 11.1. The smallest absolute Gasteiger partial charge is 0.0470 e. The maximum absolute atomic E-state index is 4.98. The van der Waals surface area contributed by atoms with Crippen LogP contribution in [0, 0.1) is 5.92 Å². The molecule has 0 aliphatic rings. The first-order chi connectivity index (χ1) is 6.77. The number of rotatable bonds is 10. The first-order valence-corrected chi connectivity index (χ1v) is 6.70. The van der Waals surface area contributed by atoms with Crippen LogP contribution < -0.4 is 5.32 Å². The van der Waals surface area contributed by atoms with E-state index >= 15 is 0 Å². The summed E-state index contributed by atoms with van der Waals surface area (Å²) in [6.45, 7) is 7.73. The lowest BCUT2D eigenvalue weighted by Gasteiger charge is -2.06. The minimum absolute atomic E-state index is 0.817. The Morgan fingerprint density at radius 3 is 2.64 bits per heavy atom. The van der Waals surface area contributed by atoms with Gasteiger partial charge in [-0.05, 0) is 31.1 Å². The zero-order valence-corrected chi connectivity index (χ0v) is 10.7. The lowest BCUT2D eigenvalue weighted by Crippen LogP contribution is -2.19. The molecule has 0 aromatic heterocycles. The fourth-order valence-electron chi connectivity index (χ4n) is 1.07. The Kier molecular flexibility index (Phi) is 11.6. The average Bonchev–Trinajstić information content (AvgIpc) is 2.15. The van der Waals surface area contributed by atoms with E-state index in [0.29, 0.717) is 0 Å². The summed E-state index contributed by atoms with van der Waals surface area (Å²) in [5.41, 5.74) is 0. The summed E-state index contributed by atoms with van der Waals surface area (Å²) in [5, 5.41) is 3.46. The predicted molar refractivity (Wildman–Crippen MR) is 66.1 cm³/mol. The molecule has 0 aliphatic carbocycles. The Bertz CT molecular complexity index is 109. The number of ether oxygens (including phenoxy) is 1. The van der Waals surface area contributed by atoms with Crippen LogP contribution in [0.5, 0.6) is 0 Å². The Labute approximate surface area is 93.2 Å². The van der Waals surface area contributed by atoms with Gasteiger partial charge in [0.2, 0.25) is 0 Å². The highest BCUT2D eigenvalue weighted by molar-refractivity contribution is 7.99. The van der Waals surface area contributed by atoms with Gasteiger partial charge in [-0.3, -0.25) is 0 Å². The van der Waals surface area contributed by atoms with Crippen LogP contribution in [0.4, 0.5) is 0 Å². The monoisotopic (exact) mass is 219 g/mol. The molecule has 1 N–H and O–H groups in total. The van der Waals surface area contributed by atoms with Crippen molar-refractivity contribution in [2.45, 2.75) is 26.7 Å². The molecule has 0 rings (SSSR count). The topological polar surface area (TPSA) is 21.3 Å². The second-order valence-electron chi connectivity index (χ2n) is 3.89. The molecule has 0 radical (unpaired) electrons. The molecule has 14 heavy (non-hydrogen) atoms. The second kappa shape index (κ2) is 11.3. The van der Waals surface area contributed by atoms with Gasteiger partial charge in [0.05, 0.1) is 0 Å². The molecular weight excluding hydrogens is 194 g/mol. The molecule has 0 saturated carbocycles. The molecule has 2 nitrogen and oxygen atoms in total. The third-order valence-corrected chi connectivity index (χ3v) is 3.03. The van der Waals surface area contributed by atoms with E-state index in [1.54, 1.807) is 7.11 Å². The SMILES string of the molecule is COCCCSCCNCCC(C)C. The maximum atomic E-state index is 4.98. The van der Waals surface area contributed by atoms with E-state index in [0.717, 1.165) is 25.6 Å². The molecule has 0 aromatic carbocycles. The van der Waals surface area contributed by atoms with Gasteiger partial charge < -0.3 is 10.1 Å². The van der Waals surface area contributed by atoms with Crippen molar-refractivity contribution in [3.63, 3.8) is 0 Å². The van der Waals surface area contributed by atoms with Crippen LogP contribution >= 0.6 is 11.8 Å². The van der Waals surface area contributed by atoms with Crippen LogP contribution in [0.25, 0.3) is 0 Å². The third kappa shape index (κ3) is 12.3. The number of methoxy groups -OCH3 is 1. The van der Waals surface area contributed by atoms with Crippen molar-refractivity contribution in [2.24, 2.45) is 5.92 Å². The summed E-state index contributed by atoms with van der Waals surface area (Å²) < 4.78 is 4.98. The quantitative estimate of drug-likeness (QED) is 0.570. The van der Waals surface area contributed by atoms with E-state index in [-0.39, 0.29) is 0 Å². The van der Waals surface area contributed by atoms with Gasteiger partial charge >= 0.3 is 0 Å². The summed E-state index contributed by atoms with van der Waals surface area (Å²) in [6, 6.07) is 0. The van der Waals surface area contributed by atoms with Crippen LogP contribution in [0.1, 0.15) is 26.7 Å². The highest BCUT2D eigenvalue weighted by atomic mass is 32.2. The van der Waals surface area contributed by atoms with Crippen molar-refractivity contribution < 1.29 is 4.74 Å². The molecule has 86 valence electrons. The van der Waals surface area contributed by atoms with Crippen LogP contribution in [0.2, 0.25) is 0 Å². The van der Waals surface area contributed by atoms with Crippen molar-refractivity contribution in [3.8, 4) is 0 Å². The molecule has 0 amide bonds. The summed E-state index contributed by atoms with van der Waals surface area (Å²) in [5.74, 6) is 3.26. The lowest BCUT2D eigenvalue weighted by atomic mass is 10.1. The minimum Gasteiger partial charge on any atom is -0.385 e. The van der Waals surface area contributed by atoms with Crippen LogP contribution in [0.15, 0.2) is 0 Å². The fraction of sp³-hybridized carbons (Fsp3) is 1.00. The third-order valence-electron chi connectivity index (χ3n) is 1.96. The first-order valence-electron chi connectivity index (χ1n) is 5.54. The van der Waals surface area contributed by atoms with Gasteiger partial charge in [-0.2, -0.15) is 11.8 Å². The average molecular weight is 219 g/mol. The molecule has 0 atom stereocenters. The van der Waals surface area contributed by atoms with E-state index in [1.165, 1.54) is 24.3 Å². The van der Waals surface area contributed by atoms with Crippen LogP contribution in [-0.2, 0) is 4.74 Å². The van der Waals surface area contributed by atoms with E-state index in [1.807, 2.05) is 11.8 Å². The lowest BCUT2D eigenvalue weighted by molar-refractivity contribution is 0.200. The Balaban J connectivity index is 2.85. The largest absolute Gasteiger partial charge is 0.385 e. The Morgan fingerprint density at radius 1 is 1.21 bits per heavy atom. The number of hydrogen-bond donors (Lipinski definition) is 1. The van der Waals surface area contributed by atoms with E-state index in [9.17, 15) is 0 Å². The number of thioether (sulfide) groups is 1. The summed E-state index contributed by atoms with van der Waals surface area (Å²) in [7, 11) is 1.76. The van der Waals surface area contributed by atoms with Crippen molar-refractivity contribution in [3.05, 3.63) is 0 Å². The molecule has 3 heteroatoms. The molecule has 0 spiro atoms. The zero-order chi connectivity index (χ0) is 10.6. The highest BCUT2D eigenvalue weighted by Gasteiger charge is 1.93. The predicted octanol–water partition coefficient (Wildman–Crippen LogP) is 2.39.